The fourth-order valence-electron chi connectivity index (χ4n) is 3.26. The van der Waals surface area contributed by atoms with E-state index in [4.69, 9.17) is 5.11 Å². The summed E-state index contributed by atoms with van der Waals surface area (Å²) in [4.78, 5) is 36.8. The molecular weight excluding hydrogens is 308 g/mol. The van der Waals surface area contributed by atoms with E-state index >= 15 is 0 Å². The fourth-order valence-corrected chi connectivity index (χ4v) is 3.26. The molecule has 6 nitrogen and oxygen atoms in total. The van der Waals surface area contributed by atoms with Crippen LogP contribution in [0.2, 0.25) is 0 Å². The van der Waals surface area contributed by atoms with Crippen LogP contribution in [0, 0.1) is 5.92 Å². The maximum Gasteiger partial charge on any atom is 0.335 e. The summed E-state index contributed by atoms with van der Waals surface area (Å²) >= 11 is 0. The average Bonchev–Trinajstić information content (AvgIpc) is 3.15. The Morgan fingerprint density at radius 3 is 2.54 bits per heavy atom. The number of carboxylic acid groups (broad SMARTS) is 1. The summed E-state index contributed by atoms with van der Waals surface area (Å²) in [6.45, 7) is 2.76. The molecule has 1 saturated carbocycles. The van der Waals surface area contributed by atoms with Crippen LogP contribution in [-0.2, 0) is 16.0 Å². The van der Waals surface area contributed by atoms with Gasteiger partial charge < -0.3 is 15.3 Å². The van der Waals surface area contributed by atoms with Gasteiger partial charge in [-0.2, -0.15) is 0 Å². The summed E-state index contributed by atoms with van der Waals surface area (Å²) < 4.78 is 0. The number of carboxylic acids is 1. The van der Waals surface area contributed by atoms with Crippen LogP contribution in [0.4, 0.5) is 0 Å². The molecule has 2 aliphatic rings. The number of carbonyl (C=O) groups excluding carboxylic acids is 2. The predicted octanol–water partition coefficient (Wildman–Crippen LogP) is 1.44. The lowest BCUT2D eigenvalue weighted by atomic mass is 10.1. The molecule has 3 rings (SSSR count). The lowest BCUT2D eigenvalue weighted by Crippen LogP contribution is -2.37. The Hall–Kier alpha value is -2.37. The molecule has 2 N–H and O–H groups in total. The van der Waals surface area contributed by atoms with Crippen molar-refractivity contribution in [1.29, 1.82) is 0 Å². The highest BCUT2D eigenvalue weighted by Crippen LogP contribution is 2.37. The van der Waals surface area contributed by atoms with E-state index in [9.17, 15) is 14.4 Å². The Kier molecular flexibility index (Phi) is 4.55. The number of hydrogen-bond acceptors (Lipinski definition) is 3. The van der Waals surface area contributed by atoms with E-state index in [0.29, 0.717) is 37.8 Å². The Bertz CT molecular complexity index is 655. The first-order valence-electron chi connectivity index (χ1n) is 8.35. The predicted molar refractivity (Wildman–Crippen MR) is 87.6 cm³/mol. The maximum absolute atomic E-state index is 12.1. The van der Waals surface area contributed by atoms with E-state index < -0.39 is 5.97 Å². The van der Waals surface area contributed by atoms with Crippen LogP contribution in [0.1, 0.15) is 42.1 Å². The van der Waals surface area contributed by atoms with Crippen molar-refractivity contribution in [2.45, 2.75) is 44.7 Å². The second-order valence-corrected chi connectivity index (χ2v) is 6.80. The van der Waals surface area contributed by atoms with Crippen molar-refractivity contribution >= 4 is 17.8 Å². The zero-order chi connectivity index (χ0) is 17.3. The normalized spacial score (nSPS) is 25.6. The molecule has 6 heteroatoms. The van der Waals surface area contributed by atoms with Crippen LogP contribution in [0.15, 0.2) is 24.3 Å². The van der Waals surface area contributed by atoms with Gasteiger partial charge in [0.2, 0.25) is 11.8 Å². The first-order valence-corrected chi connectivity index (χ1v) is 8.35. The molecule has 0 aromatic heterocycles. The molecule has 24 heavy (non-hydrogen) atoms. The van der Waals surface area contributed by atoms with E-state index in [1.165, 1.54) is 0 Å². The largest absolute Gasteiger partial charge is 0.478 e. The van der Waals surface area contributed by atoms with Gasteiger partial charge in [0.25, 0.3) is 0 Å². The lowest BCUT2D eigenvalue weighted by Gasteiger charge is -2.17. The average molecular weight is 330 g/mol. The van der Waals surface area contributed by atoms with Crippen LogP contribution < -0.4 is 5.32 Å². The number of aromatic carboxylic acids is 1. The number of nitrogens with one attached hydrogen (secondary N) is 1. The number of amides is 2. The molecule has 1 aromatic carbocycles. The molecule has 1 aliphatic heterocycles. The van der Waals surface area contributed by atoms with Crippen LogP contribution in [-0.4, -0.2) is 46.4 Å². The van der Waals surface area contributed by atoms with Gasteiger partial charge in [-0.1, -0.05) is 19.1 Å². The van der Waals surface area contributed by atoms with Gasteiger partial charge in [-0.3, -0.25) is 9.59 Å². The third kappa shape index (κ3) is 3.75. The number of rotatable bonds is 6. The van der Waals surface area contributed by atoms with Crippen molar-refractivity contribution in [1.82, 2.24) is 10.2 Å². The topological polar surface area (TPSA) is 86.7 Å². The van der Waals surface area contributed by atoms with Crippen LogP contribution in [0.25, 0.3) is 0 Å². The highest BCUT2D eigenvalue weighted by atomic mass is 16.4. The van der Waals surface area contributed by atoms with E-state index in [1.54, 1.807) is 24.3 Å². The molecule has 1 aliphatic carbocycles. The molecule has 1 heterocycles. The van der Waals surface area contributed by atoms with Gasteiger partial charge in [0.15, 0.2) is 0 Å². The van der Waals surface area contributed by atoms with Crippen molar-refractivity contribution in [3.8, 4) is 0 Å². The molecule has 0 bridgehead atoms. The number of likely N-dealkylation sites (tertiary alicyclic amines) is 1. The molecule has 1 aromatic rings. The second-order valence-electron chi connectivity index (χ2n) is 6.80. The van der Waals surface area contributed by atoms with Gasteiger partial charge in [0, 0.05) is 25.4 Å². The molecule has 1 saturated heterocycles. The molecular formula is C18H22N2O4. The minimum absolute atomic E-state index is 0.0687. The third-order valence-corrected chi connectivity index (χ3v) is 4.83. The van der Waals surface area contributed by atoms with Gasteiger partial charge in [0.1, 0.15) is 0 Å². The number of aryl methyl sites for hydroxylation is 1. The second kappa shape index (κ2) is 6.63. The van der Waals surface area contributed by atoms with Crippen molar-refractivity contribution in [2.24, 2.45) is 5.92 Å². The molecule has 3 atom stereocenters. The van der Waals surface area contributed by atoms with Gasteiger partial charge >= 0.3 is 5.97 Å². The number of carbonyl (C=O) groups is 3. The number of hydrogen-bond donors (Lipinski definition) is 2. The van der Waals surface area contributed by atoms with E-state index in [-0.39, 0.29) is 23.4 Å². The van der Waals surface area contributed by atoms with Gasteiger partial charge in [-0.15, -0.1) is 0 Å². The summed E-state index contributed by atoms with van der Waals surface area (Å²) in [7, 11) is 0. The van der Waals surface area contributed by atoms with Gasteiger partial charge in [0.05, 0.1) is 11.6 Å². The lowest BCUT2D eigenvalue weighted by molar-refractivity contribution is -0.128. The molecule has 2 amide bonds. The minimum atomic E-state index is -0.959. The minimum Gasteiger partial charge on any atom is -0.478 e. The van der Waals surface area contributed by atoms with Crippen molar-refractivity contribution in [3.05, 3.63) is 35.4 Å². The monoisotopic (exact) mass is 330 g/mol. The molecule has 0 unspecified atom stereocenters. The zero-order valence-corrected chi connectivity index (χ0v) is 13.7. The number of benzene rings is 1. The molecule has 0 spiro atoms. The summed E-state index contributed by atoms with van der Waals surface area (Å²) in [6, 6.07) is 6.82. The highest BCUT2D eigenvalue weighted by molar-refractivity contribution is 5.87. The standard InChI is InChI=1S/C18H22N2O4/c1-11-8-15(11)20-10-14(9-17(20)22)19-16(21)7-4-12-2-5-13(6-3-12)18(23)24/h2-3,5-6,11,14-15H,4,7-10H2,1H3,(H,19,21)(H,23,24)/t11-,14+,15+/m1/s1. The molecule has 2 fully saturated rings. The Morgan fingerprint density at radius 2 is 1.96 bits per heavy atom. The Morgan fingerprint density at radius 1 is 1.29 bits per heavy atom. The SMILES string of the molecule is C[C@@H]1C[C@@H]1N1C[C@@H](NC(=O)CCc2ccc(C(=O)O)cc2)CC1=O. The van der Waals surface area contributed by atoms with E-state index in [1.807, 2.05) is 4.90 Å². The smallest absolute Gasteiger partial charge is 0.335 e. The van der Waals surface area contributed by atoms with Gasteiger partial charge in [-0.25, -0.2) is 4.79 Å². The van der Waals surface area contributed by atoms with Gasteiger partial charge in [-0.05, 0) is 36.5 Å². The third-order valence-electron chi connectivity index (χ3n) is 4.83. The first kappa shape index (κ1) is 16.5. The Labute approximate surface area is 140 Å². The van der Waals surface area contributed by atoms with Crippen LogP contribution in [0.3, 0.4) is 0 Å². The zero-order valence-electron chi connectivity index (χ0n) is 13.7. The van der Waals surface area contributed by atoms with Crippen LogP contribution in [0.5, 0.6) is 0 Å². The van der Waals surface area contributed by atoms with Crippen molar-refractivity contribution in [3.63, 3.8) is 0 Å². The molecule has 0 radical (unpaired) electrons. The highest BCUT2D eigenvalue weighted by Gasteiger charge is 2.44. The van der Waals surface area contributed by atoms with Crippen LogP contribution >= 0.6 is 0 Å². The first-order chi connectivity index (χ1) is 11.4. The van der Waals surface area contributed by atoms with E-state index in [2.05, 4.69) is 12.2 Å². The van der Waals surface area contributed by atoms with Crippen molar-refractivity contribution < 1.29 is 19.5 Å². The summed E-state index contributed by atoms with van der Waals surface area (Å²) in [5, 5.41) is 11.8. The summed E-state index contributed by atoms with van der Waals surface area (Å²) in [5.74, 6) is -0.309. The van der Waals surface area contributed by atoms with Crippen molar-refractivity contribution in [2.75, 3.05) is 6.54 Å². The Balaban J connectivity index is 1.44. The molecule has 128 valence electrons. The fraction of sp³-hybridized carbons (Fsp3) is 0.500. The maximum atomic E-state index is 12.1. The number of nitrogens with zero attached hydrogens (tertiary/aromatic N) is 1. The summed E-state index contributed by atoms with van der Waals surface area (Å²) in [6.07, 6.45) is 2.34. The quantitative estimate of drug-likeness (QED) is 0.826. The summed E-state index contributed by atoms with van der Waals surface area (Å²) in [5.41, 5.74) is 1.16. The van der Waals surface area contributed by atoms with E-state index in [0.717, 1.165) is 12.0 Å².